The molecule has 280 valence electrons. The maximum atomic E-state index is 4.22. The van der Waals surface area contributed by atoms with E-state index in [1.807, 2.05) is 84.9 Å². The number of nitrogens with zero attached hydrogens (tertiary/aromatic N) is 6. The van der Waals surface area contributed by atoms with Crippen molar-refractivity contribution in [2.24, 2.45) is 0 Å². The monoisotopic (exact) mass is 878 g/mol. The molecule has 0 fully saturated rings. The van der Waals surface area contributed by atoms with Crippen LogP contribution in [0.4, 0.5) is 0 Å². The van der Waals surface area contributed by atoms with Gasteiger partial charge >= 0.3 is 40.8 Å². The second kappa shape index (κ2) is 20.7. The first-order valence-corrected chi connectivity index (χ1v) is 17.1. The topological polar surface area (TPSA) is 79.8 Å². The minimum Gasteiger partial charge on any atom is -0.578 e. The molecule has 0 spiro atoms. The van der Waals surface area contributed by atoms with Crippen LogP contribution in [0.1, 0.15) is 106 Å². The zero-order valence-electron chi connectivity index (χ0n) is 32.7. The summed E-state index contributed by atoms with van der Waals surface area (Å²) in [5.74, 6) is 0. The maximum Gasteiger partial charge on any atom is 2.00 e. The smallest absolute Gasteiger partial charge is 0.578 e. The van der Waals surface area contributed by atoms with Gasteiger partial charge in [-0.15, -0.1) is 83.2 Å². The van der Waals surface area contributed by atoms with Gasteiger partial charge in [0.1, 0.15) is 0 Å². The van der Waals surface area contributed by atoms with Crippen molar-refractivity contribution in [1.29, 1.82) is 0 Å². The Morgan fingerprint density at radius 1 is 0.442 bits per heavy atom. The normalized spacial score (nSPS) is 11.2. The van der Waals surface area contributed by atoms with Gasteiger partial charge < -0.3 is 30.4 Å². The fourth-order valence-corrected chi connectivity index (χ4v) is 4.21. The van der Waals surface area contributed by atoms with Crippen LogP contribution in [-0.2, 0) is 62.5 Å². The zero-order valence-corrected chi connectivity index (χ0v) is 35.8. The fourth-order valence-electron chi connectivity index (χ4n) is 4.21. The summed E-state index contributed by atoms with van der Waals surface area (Å²) >= 11 is 0. The van der Waals surface area contributed by atoms with Crippen molar-refractivity contribution in [1.82, 2.24) is 30.4 Å². The van der Waals surface area contributed by atoms with E-state index in [0.717, 1.165) is 45.3 Å². The minimum absolute atomic E-state index is 0. The molecule has 0 radical (unpaired) electrons. The first kappa shape index (κ1) is 46.5. The second-order valence-electron chi connectivity index (χ2n) is 16.2. The molecular formula is C44H54N6Pd2. The Hall–Kier alpha value is -3.52. The molecule has 0 bridgehead atoms. The van der Waals surface area contributed by atoms with Gasteiger partial charge in [-0.2, -0.15) is 0 Å². The van der Waals surface area contributed by atoms with E-state index in [1.54, 1.807) is 12.4 Å². The molecular weight excluding hydrogens is 825 g/mol. The Balaban J connectivity index is 0.000000342. The number of rotatable bonds is 2. The van der Waals surface area contributed by atoms with Gasteiger partial charge in [0.15, 0.2) is 0 Å². The van der Waals surface area contributed by atoms with Crippen molar-refractivity contribution >= 4 is 0 Å². The van der Waals surface area contributed by atoms with Crippen LogP contribution in [0.3, 0.4) is 0 Å². The molecule has 6 nitrogen and oxygen atoms in total. The summed E-state index contributed by atoms with van der Waals surface area (Å²) in [6, 6.07) is 37.9. The third-order valence-corrected chi connectivity index (χ3v) is 7.45. The molecule has 0 unspecified atom stereocenters. The van der Waals surface area contributed by atoms with Crippen LogP contribution in [0.2, 0.25) is 0 Å². The summed E-state index contributed by atoms with van der Waals surface area (Å²) in [6.45, 7) is 25.9. The Labute approximate surface area is 340 Å². The molecule has 6 rings (SSSR count). The van der Waals surface area contributed by atoms with Gasteiger partial charge in [-0.3, -0.25) is 0 Å². The quantitative estimate of drug-likeness (QED) is 0.127. The number of aromatic nitrogens is 6. The summed E-state index contributed by atoms with van der Waals surface area (Å²) in [7, 11) is 0. The van der Waals surface area contributed by atoms with Crippen molar-refractivity contribution < 1.29 is 40.8 Å². The van der Waals surface area contributed by atoms with Crippen LogP contribution in [0.25, 0.3) is 22.5 Å². The van der Waals surface area contributed by atoms with Gasteiger partial charge in [-0.25, -0.2) is 0 Å². The molecule has 0 aliphatic carbocycles. The molecule has 0 aliphatic heterocycles. The second-order valence-corrected chi connectivity index (χ2v) is 16.2. The van der Waals surface area contributed by atoms with E-state index in [0.29, 0.717) is 0 Å². The summed E-state index contributed by atoms with van der Waals surface area (Å²) in [4.78, 5) is 8.44. The van der Waals surface area contributed by atoms with E-state index in [4.69, 9.17) is 0 Å². The van der Waals surface area contributed by atoms with Crippen LogP contribution in [0.15, 0.2) is 109 Å². The Morgan fingerprint density at radius 3 is 1.00 bits per heavy atom. The average molecular weight is 880 g/mol. The maximum absolute atomic E-state index is 4.22. The van der Waals surface area contributed by atoms with Crippen molar-refractivity contribution in [2.75, 3.05) is 0 Å². The molecule has 2 aromatic carbocycles. The van der Waals surface area contributed by atoms with Gasteiger partial charge in [0.05, 0.1) is 0 Å². The first-order chi connectivity index (χ1) is 23.4. The first-order valence-electron chi connectivity index (χ1n) is 17.1. The van der Waals surface area contributed by atoms with Gasteiger partial charge in [-0.05, 0) is 34.4 Å². The molecule has 0 saturated heterocycles. The number of pyridine rings is 2. The summed E-state index contributed by atoms with van der Waals surface area (Å²) in [5, 5.41) is 16.8. The van der Waals surface area contributed by atoms with Crippen LogP contribution >= 0.6 is 0 Å². The van der Waals surface area contributed by atoms with Gasteiger partial charge in [0.2, 0.25) is 0 Å². The standard InChI is InChI=1S/2C11H19N2.2C11H8N.2Pd/c2*1-10(2,3)8-7-9(13-12-8)11(4,5)6;2*1-2-6-10(7-3-1)11-8-4-5-9-12-11;;/h2*7H,1-6H3;2*1-6,8-9H;;/q4*-1;2*+2. The zero-order chi connectivity index (χ0) is 37.0. The predicted octanol–water partition coefficient (Wildman–Crippen LogP) is 10.4. The number of hydrogen-bond donors (Lipinski definition) is 0. The van der Waals surface area contributed by atoms with E-state index in [-0.39, 0.29) is 62.5 Å². The van der Waals surface area contributed by atoms with Crippen LogP contribution in [0.5, 0.6) is 0 Å². The average Bonchev–Trinajstić information content (AvgIpc) is 3.80. The Morgan fingerprint density at radius 2 is 0.788 bits per heavy atom. The van der Waals surface area contributed by atoms with Gasteiger partial charge in [0.25, 0.3) is 0 Å². The molecule has 4 heterocycles. The number of benzene rings is 2. The third-order valence-electron chi connectivity index (χ3n) is 7.45. The van der Waals surface area contributed by atoms with Crippen LogP contribution in [-0.4, -0.2) is 20.2 Å². The minimum atomic E-state index is 0. The van der Waals surface area contributed by atoms with Gasteiger partial charge in [-0.1, -0.05) is 119 Å². The SMILES string of the molecule is CC(C)(C)c1cc(C(C)(C)C)[n-]n1.CC(C)(C)c1cc(C(C)(C)C)[n-]n1.[Pd+2].[Pd+2].[c-]1ccccc1-c1ccccn1.[c-]1ccccc1-c1ccccn1. The summed E-state index contributed by atoms with van der Waals surface area (Å²) in [6.07, 6.45) is 3.58. The van der Waals surface area contributed by atoms with Crippen molar-refractivity contribution in [3.05, 3.63) is 144 Å². The fraction of sp³-hybridized carbons (Fsp3) is 0.364. The summed E-state index contributed by atoms with van der Waals surface area (Å²) in [5.41, 5.74) is 8.78. The van der Waals surface area contributed by atoms with Gasteiger partial charge in [0, 0.05) is 34.6 Å². The Bertz CT molecular complexity index is 1540. The molecule has 0 N–H and O–H groups in total. The molecule has 8 heteroatoms. The van der Waals surface area contributed by atoms with Crippen molar-refractivity contribution in [3.8, 4) is 22.5 Å². The van der Waals surface area contributed by atoms with Crippen LogP contribution < -0.4 is 10.2 Å². The molecule has 6 aromatic rings. The number of hydrogen-bond acceptors (Lipinski definition) is 4. The van der Waals surface area contributed by atoms with E-state index >= 15 is 0 Å². The molecule has 0 amide bonds. The molecule has 0 atom stereocenters. The van der Waals surface area contributed by atoms with Crippen molar-refractivity contribution in [3.63, 3.8) is 0 Å². The van der Waals surface area contributed by atoms with E-state index in [1.165, 1.54) is 0 Å². The molecule has 4 aromatic heterocycles. The molecule has 52 heavy (non-hydrogen) atoms. The van der Waals surface area contributed by atoms with E-state index in [9.17, 15) is 0 Å². The van der Waals surface area contributed by atoms with E-state index in [2.05, 4.69) is 138 Å². The molecule has 0 aliphatic rings. The predicted molar refractivity (Wildman–Crippen MR) is 207 cm³/mol. The largest absolute Gasteiger partial charge is 2.00 e. The van der Waals surface area contributed by atoms with E-state index < -0.39 is 0 Å². The Kier molecular flexibility index (Phi) is 18.5. The summed E-state index contributed by atoms with van der Waals surface area (Å²) < 4.78 is 0. The van der Waals surface area contributed by atoms with Crippen molar-refractivity contribution in [2.45, 2.75) is 105 Å². The molecule has 0 saturated carbocycles. The third kappa shape index (κ3) is 15.6. The van der Waals surface area contributed by atoms with Crippen LogP contribution in [0, 0.1) is 12.1 Å².